The normalized spacial score (nSPS) is 16.5. The zero-order chi connectivity index (χ0) is 27.6. The maximum atomic E-state index is 13.2. The van der Waals surface area contributed by atoms with E-state index < -0.39 is 11.9 Å². The standard InChI is InChI=1S/C31H31N3O5/c1-38-39-29(35)19-27-18-28(34(31(27)37)16-6-9-22-7-3-2-4-8-22)21-33-30(36)26-11-5-10-25(17-26)24-14-12-23(20-32)13-15-24/h2-5,7-8,10-15,17,27-28H,6,9,16,18-19,21H2,1H3,(H,33,36)/t27-,28-/m0/s1. The summed E-state index contributed by atoms with van der Waals surface area (Å²) in [5, 5.41) is 12.0. The van der Waals surface area contributed by atoms with Gasteiger partial charge in [0.1, 0.15) is 0 Å². The number of aryl methyl sites for hydroxylation is 1. The molecule has 2 atom stereocenters. The summed E-state index contributed by atoms with van der Waals surface area (Å²) in [6.45, 7) is 0.797. The fourth-order valence-corrected chi connectivity index (χ4v) is 4.94. The number of likely N-dealkylation sites (tertiary alicyclic amines) is 1. The first kappa shape index (κ1) is 27.6. The van der Waals surface area contributed by atoms with Crippen LogP contribution in [0.4, 0.5) is 0 Å². The van der Waals surface area contributed by atoms with Crippen LogP contribution >= 0.6 is 0 Å². The molecule has 200 valence electrons. The third-order valence-corrected chi connectivity index (χ3v) is 6.90. The molecule has 0 bridgehead atoms. The van der Waals surface area contributed by atoms with Crippen LogP contribution in [0, 0.1) is 17.2 Å². The van der Waals surface area contributed by atoms with Gasteiger partial charge in [0.25, 0.3) is 5.91 Å². The van der Waals surface area contributed by atoms with E-state index in [9.17, 15) is 14.4 Å². The second kappa shape index (κ2) is 13.4. The zero-order valence-corrected chi connectivity index (χ0v) is 21.8. The van der Waals surface area contributed by atoms with Gasteiger partial charge >= 0.3 is 5.97 Å². The van der Waals surface area contributed by atoms with Crippen molar-refractivity contribution >= 4 is 17.8 Å². The molecule has 1 fully saturated rings. The lowest BCUT2D eigenvalue weighted by Gasteiger charge is -2.25. The quantitative estimate of drug-likeness (QED) is 0.295. The molecule has 0 radical (unpaired) electrons. The minimum atomic E-state index is -0.593. The van der Waals surface area contributed by atoms with E-state index in [0.29, 0.717) is 24.1 Å². The Morgan fingerprint density at radius 1 is 1.03 bits per heavy atom. The van der Waals surface area contributed by atoms with Crippen molar-refractivity contribution < 1.29 is 24.2 Å². The molecule has 0 saturated carbocycles. The van der Waals surface area contributed by atoms with Crippen molar-refractivity contribution in [2.75, 3.05) is 20.2 Å². The van der Waals surface area contributed by atoms with Crippen LogP contribution in [-0.4, -0.2) is 48.9 Å². The lowest BCUT2D eigenvalue weighted by molar-refractivity contribution is -0.255. The Morgan fingerprint density at radius 3 is 2.51 bits per heavy atom. The van der Waals surface area contributed by atoms with E-state index in [2.05, 4.69) is 33.3 Å². The number of hydrogen-bond acceptors (Lipinski definition) is 6. The van der Waals surface area contributed by atoms with Crippen molar-refractivity contribution in [3.63, 3.8) is 0 Å². The van der Waals surface area contributed by atoms with Crippen LogP contribution in [0.25, 0.3) is 11.1 Å². The van der Waals surface area contributed by atoms with E-state index in [1.165, 1.54) is 12.7 Å². The maximum absolute atomic E-state index is 13.2. The number of nitrogens with one attached hydrogen (secondary N) is 1. The SMILES string of the molecule is COOC(=O)C[C@@H]1C[C@@H](CNC(=O)c2cccc(-c3ccc(C#N)cc3)c2)N(CCCc2ccccc2)C1=O. The molecule has 1 aliphatic heterocycles. The number of nitriles is 1. The first-order valence-corrected chi connectivity index (χ1v) is 12.9. The van der Waals surface area contributed by atoms with Crippen LogP contribution in [0.15, 0.2) is 78.9 Å². The summed E-state index contributed by atoms with van der Waals surface area (Å²) in [5.74, 6) is -1.47. The van der Waals surface area contributed by atoms with Gasteiger partial charge in [-0.1, -0.05) is 54.6 Å². The van der Waals surface area contributed by atoms with Crippen molar-refractivity contribution in [1.82, 2.24) is 10.2 Å². The highest BCUT2D eigenvalue weighted by molar-refractivity contribution is 5.95. The first-order chi connectivity index (χ1) is 19.0. The predicted molar refractivity (Wildman–Crippen MR) is 145 cm³/mol. The molecular formula is C31H31N3O5. The predicted octanol–water partition coefficient (Wildman–Crippen LogP) is 4.30. The van der Waals surface area contributed by atoms with Crippen LogP contribution in [0.3, 0.4) is 0 Å². The van der Waals surface area contributed by atoms with E-state index >= 15 is 0 Å². The molecule has 4 rings (SSSR count). The minimum Gasteiger partial charge on any atom is -0.350 e. The van der Waals surface area contributed by atoms with Crippen LogP contribution < -0.4 is 5.32 Å². The van der Waals surface area contributed by atoms with Crippen LogP contribution in [0.1, 0.15) is 40.7 Å². The molecule has 0 spiro atoms. The van der Waals surface area contributed by atoms with E-state index in [4.69, 9.17) is 5.26 Å². The molecule has 1 saturated heterocycles. The highest BCUT2D eigenvalue weighted by atomic mass is 17.2. The van der Waals surface area contributed by atoms with Crippen molar-refractivity contribution in [3.05, 3.63) is 95.6 Å². The molecule has 1 heterocycles. The average Bonchev–Trinajstić information content (AvgIpc) is 3.26. The second-order valence-electron chi connectivity index (χ2n) is 9.51. The summed E-state index contributed by atoms with van der Waals surface area (Å²) in [7, 11) is 1.25. The van der Waals surface area contributed by atoms with E-state index in [1.807, 2.05) is 42.5 Å². The lowest BCUT2D eigenvalue weighted by atomic mass is 10.0. The third kappa shape index (κ3) is 7.30. The molecule has 1 N–H and O–H groups in total. The maximum Gasteiger partial charge on any atom is 0.343 e. The summed E-state index contributed by atoms with van der Waals surface area (Å²) >= 11 is 0. The Morgan fingerprint density at radius 2 is 1.79 bits per heavy atom. The van der Waals surface area contributed by atoms with Gasteiger partial charge in [-0.05, 0) is 60.2 Å². The van der Waals surface area contributed by atoms with Crippen LogP contribution in [-0.2, 0) is 25.8 Å². The highest BCUT2D eigenvalue weighted by Gasteiger charge is 2.40. The topological polar surface area (TPSA) is 109 Å². The summed E-state index contributed by atoms with van der Waals surface area (Å²) in [4.78, 5) is 49.1. The molecule has 8 nitrogen and oxygen atoms in total. The summed E-state index contributed by atoms with van der Waals surface area (Å²) in [6.07, 6.45) is 1.96. The van der Waals surface area contributed by atoms with Crippen molar-refractivity contribution in [3.8, 4) is 17.2 Å². The second-order valence-corrected chi connectivity index (χ2v) is 9.51. The molecule has 2 amide bonds. The summed E-state index contributed by atoms with van der Waals surface area (Å²) < 4.78 is 0. The Labute approximate surface area is 228 Å². The molecule has 1 aliphatic rings. The van der Waals surface area contributed by atoms with Gasteiger partial charge in [0.15, 0.2) is 0 Å². The zero-order valence-electron chi connectivity index (χ0n) is 21.8. The number of carbonyl (C=O) groups is 3. The molecular weight excluding hydrogens is 494 g/mol. The van der Waals surface area contributed by atoms with Crippen molar-refractivity contribution in [1.29, 1.82) is 5.26 Å². The number of nitrogens with zero attached hydrogens (tertiary/aromatic N) is 2. The van der Waals surface area contributed by atoms with Gasteiger partial charge in [-0.2, -0.15) is 10.1 Å². The van der Waals surface area contributed by atoms with Gasteiger partial charge in [-0.15, -0.1) is 0 Å². The number of hydrogen-bond donors (Lipinski definition) is 1. The highest BCUT2D eigenvalue weighted by Crippen LogP contribution is 2.28. The van der Waals surface area contributed by atoms with Gasteiger partial charge in [0, 0.05) is 24.7 Å². The summed E-state index contributed by atoms with van der Waals surface area (Å²) in [6, 6.07) is 26.4. The Bertz CT molecular complexity index is 1330. The Balaban J connectivity index is 1.41. The van der Waals surface area contributed by atoms with E-state index in [-0.39, 0.29) is 30.8 Å². The first-order valence-electron chi connectivity index (χ1n) is 12.9. The van der Waals surface area contributed by atoms with Crippen LogP contribution in [0.5, 0.6) is 0 Å². The smallest absolute Gasteiger partial charge is 0.343 e. The number of benzene rings is 3. The Hall–Kier alpha value is -4.48. The molecule has 8 heteroatoms. The molecule has 0 aromatic heterocycles. The van der Waals surface area contributed by atoms with Gasteiger partial charge in [0.2, 0.25) is 5.91 Å². The number of rotatable bonds is 11. The summed E-state index contributed by atoms with van der Waals surface area (Å²) in [5.41, 5.74) is 4.03. The van der Waals surface area contributed by atoms with Gasteiger partial charge in [-0.25, -0.2) is 4.79 Å². The monoisotopic (exact) mass is 525 g/mol. The van der Waals surface area contributed by atoms with Crippen molar-refractivity contribution in [2.45, 2.75) is 31.7 Å². The van der Waals surface area contributed by atoms with Gasteiger partial charge in [-0.3, -0.25) is 14.5 Å². The fraction of sp³-hybridized carbons (Fsp3) is 0.290. The van der Waals surface area contributed by atoms with Crippen molar-refractivity contribution in [2.24, 2.45) is 5.92 Å². The molecule has 0 aliphatic carbocycles. The lowest BCUT2D eigenvalue weighted by Crippen LogP contribution is -2.42. The average molecular weight is 526 g/mol. The number of carbonyl (C=O) groups excluding carboxylic acids is 3. The molecule has 3 aromatic carbocycles. The van der Waals surface area contributed by atoms with Crippen LogP contribution in [0.2, 0.25) is 0 Å². The van der Waals surface area contributed by atoms with Gasteiger partial charge in [0.05, 0.1) is 31.1 Å². The minimum absolute atomic E-state index is 0.0705. The largest absolute Gasteiger partial charge is 0.350 e. The fourth-order valence-electron chi connectivity index (χ4n) is 4.94. The molecule has 3 aromatic rings. The molecule has 0 unspecified atom stereocenters. The van der Waals surface area contributed by atoms with Gasteiger partial charge < -0.3 is 10.2 Å². The number of amides is 2. The Kier molecular flexibility index (Phi) is 9.44. The molecule has 39 heavy (non-hydrogen) atoms. The third-order valence-electron chi connectivity index (χ3n) is 6.90. The van der Waals surface area contributed by atoms with E-state index in [1.54, 1.807) is 29.2 Å². The van der Waals surface area contributed by atoms with E-state index in [0.717, 1.165) is 24.0 Å².